The van der Waals surface area contributed by atoms with E-state index in [1.54, 1.807) is 29.5 Å². The number of thiazole rings is 1. The summed E-state index contributed by atoms with van der Waals surface area (Å²) in [5, 5.41) is 13.4. The quantitative estimate of drug-likeness (QED) is 0.729. The number of thiophene rings is 1. The van der Waals surface area contributed by atoms with Gasteiger partial charge in [-0.05, 0) is 23.8 Å². The van der Waals surface area contributed by atoms with Crippen LogP contribution in [0.1, 0.15) is 15.2 Å². The van der Waals surface area contributed by atoms with Gasteiger partial charge < -0.3 is 20.1 Å². The summed E-state index contributed by atoms with van der Waals surface area (Å²) in [6.45, 7) is 0.359. The van der Waals surface area contributed by atoms with Crippen molar-refractivity contribution in [1.29, 1.82) is 0 Å². The zero-order chi connectivity index (χ0) is 17.3. The number of carbonyl (C=O) groups is 1. The summed E-state index contributed by atoms with van der Waals surface area (Å²) in [7, 11) is 5.38. The van der Waals surface area contributed by atoms with Crippen LogP contribution in [0.5, 0.6) is 11.5 Å². The molecule has 2 N–H and O–H groups in total. The summed E-state index contributed by atoms with van der Waals surface area (Å²) in [6.07, 6.45) is 0. The van der Waals surface area contributed by atoms with Crippen molar-refractivity contribution in [1.82, 2.24) is 10.3 Å². The van der Waals surface area contributed by atoms with Crippen LogP contribution in [-0.4, -0.2) is 37.2 Å². The van der Waals surface area contributed by atoms with Gasteiger partial charge in [0.05, 0.1) is 16.7 Å². The van der Waals surface area contributed by atoms with E-state index in [-0.39, 0.29) is 11.7 Å². The normalized spacial score (nSPS) is 10.8. The fourth-order valence-electron chi connectivity index (χ4n) is 2.13. The highest BCUT2D eigenvalue weighted by molar-refractivity contribution is 7.29. The van der Waals surface area contributed by atoms with Crippen LogP contribution < -0.4 is 15.0 Å². The summed E-state index contributed by atoms with van der Waals surface area (Å²) in [4.78, 5) is 20.3. The van der Waals surface area contributed by atoms with E-state index in [0.29, 0.717) is 17.2 Å². The molecule has 0 spiro atoms. The smallest absolute Gasteiger partial charge is 0.261 e. The first-order chi connectivity index (χ1) is 11.5. The third-order valence-electron chi connectivity index (χ3n) is 3.38. The van der Waals surface area contributed by atoms with E-state index in [0.717, 1.165) is 20.2 Å². The number of anilines is 1. The predicted octanol–water partition coefficient (Wildman–Crippen LogP) is 3.07. The minimum Gasteiger partial charge on any atom is -0.504 e. The molecule has 2 heterocycles. The van der Waals surface area contributed by atoms with Gasteiger partial charge in [-0.3, -0.25) is 4.79 Å². The lowest BCUT2D eigenvalue weighted by atomic mass is 10.2. The van der Waals surface area contributed by atoms with Crippen LogP contribution in [0.3, 0.4) is 0 Å². The van der Waals surface area contributed by atoms with Crippen LogP contribution in [0.25, 0.3) is 9.53 Å². The van der Waals surface area contributed by atoms with E-state index in [1.807, 2.05) is 25.1 Å². The van der Waals surface area contributed by atoms with E-state index in [4.69, 9.17) is 4.74 Å². The zero-order valence-corrected chi connectivity index (χ0v) is 15.1. The van der Waals surface area contributed by atoms with Gasteiger partial charge in [-0.1, -0.05) is 17.4 Å². The number of ether oxygens (including phenoxy) is 1. The molecule has 0 saturated carbocycles. The molecule has 1 amide bonds. The van der Waals surface area contributed by atoms with Gasteiger partial charge in [-0.25, -0.2) is 4.98 Å². The van der Waals surface area contributed by atoms with E-state index in [1.165, 1.54) is 18.4 Å². The van der Waals surface area contributed by atoms with E-state index in [9.17, 15) is 9.90 Å². The maximum Gasteiger partial charge on any atom is 0.261 e. The van der Waals surface area contributed by atoms with Crippen molar-refractivity contribution in [2.24, 2.45) is 0 Å². The number of carbonyl (C=O) groups excluding carboxylic acids is 1. The van der Waals surface area contributed by atoms with Crippen molar-refractivity contribution in [2.45, 2.75) is 6.54 Å². The molecule has 3 rings (SSSR count). The standard InChI is InChI=1S/C16H17N3O3S2/c1-19(2)16-18-15-13(24-16)7-12(23-15)14(21)17-8-9-4-5-10(20)11(6-9)22-3/h4-7,20H,8H2,1-3H3,(H,17,21). The molecule has 3 aromatic rings. The van der Waals surface area contributed by atoms with Crippen LogP contribution in [0.15, 0.2) is 24.3 Å². The number of phenolic OH excluding ortho intramolecular Hbond substituents is 1. The molecule has 0 aliphatic heterocycles. The zero-order valence-electron chi connectivity index (χ0n) is 13.5. The van der Waals surface area contributed by atoms with Crippen molar-refractivity contribution in [3.63, 3.8) is 0 Å². The van der Waals surface area contributed by atoms with E-state index < -0.39 is 0 Å². The average molecular weight is 363 g/mol. The predicted molar refractivity (Wildman–Crippen MR) is 97.7 cm³/mol. The lowest BCUT2D eigenvalue weighted by molar-refractivity contribution is 0.0955. The second-order valence-electron chi connectivity index (χ2n) is 5.36. The number of nitrogens with zero attached hydrogens (tertiary/aromatic N) is 2. The van der Waals surface area contributed by atoms with Gasteiger partial charge in [-0.2, -0.15) is 0 Å². The minimum atomic E-state index is -0.136. The second-order valence-corrected chi connectivity index (χ2v) is 7.40. The number of methoxy groups -OCH3 is 1. The van der Waals surface area contributed by atoms with Crippen LogP contribution in [0.4, 0.5) is 5.13 Å². The van der Waals surface area contributed by atoms with Crippen molar-refractivity contribution in [2.75, 3.05) is 26.1 Å². The third kappa shape index (κ3) is 3.29. The number of fused-ring (bicyclic) bond motifs is 1. The molecular weight excluding hydrogens is 346 g/mol. The first kappa shape index (κ1) is 16.5. The first-order valence-electron chi connectivity index (χ1n) is 7.19. The van der Waals surface area contributed by atoms with Crippen LogP contribution in [0, 0.1) is 0 Å². The summed E-state index contributed by atoms with van der Waals surface area (Å²) >= 11 is 2.95. The molecule has 0 bridgehead atoms. The molecule has 1 aromatic carbocycles. The SMILES string of the molecule is COc1cc(CNC(=O)c2cc3sc(N(C)C)nc3s2)ccc1O. The topological polar surface area (TPSA) is 74.7 Å². The van der Waals surface area contributed by atoms with Gasteiger partial charge in [0.25, 0.3) is 5.91 Å². The third-order valence-corrected chi connectivity index (χ3v) is 5.71. The highest BCUT2D eigenvalue weighted by atomic mass is 32.1. The maximum atomic E-state index is 12.3. The average Bonchev–Trinajstić information content (AvgIpc) is 3.12. The monoisotopic (exact) mass is 363 g/mol. The van der Waals surface area contributed by atoms with Crippen molar-refractivity contribution >= 4 is 43.2 Å². The fourth-order valence-corrected chi connectivity index (χ4v) is 4.18. The number of amides is 1. The fraction of sp³-hybridized carbons (Fsp3) is 0.250. The summed E-state index contributed by atoms with van der Waals surface area (Å²) in [6, 6.07) is 6.87. The highest BCUT2D eigenvalue weighted by Gasteiger charge is 2.14. The molecule has 6 nitrogen and oxygen atoms in total. The first-order valence-corrected chi connectivity index (χ1v) is 8.83. The molecule has 24 heavy (non-hydrogen) atoms. The van der Waals surface area contributed by atoms with Gasteiger partial charge in [0, 0.05) is 20.6 Å². The molecule has 2 aromatic heterocycles. The molecule has 0 aliphatic rings. The number of rotatable bonds is 5. The van der Waals surface area contributed by atoms with Gasteiger partial charge >= 0.3 is 0 Å². The Morgan fingerprint density at radius 1 is 1.33 bits per heavy atom. The van der Waals surface area contributed by atoms with Gasteiger partial charge in [0.2, 0.25) is 0 Å². The minimum absolute atomic E-state index is 0.0776. The molecule has 0 aliphatic carbocycles. The Labute approximate surface area is 147 Å². The molecule has 8 heteroatoms. The molecule has 0 atom stereocenters. The molecule has 0 unspecified atom stereocenters. The number of hydrogen-bond donors (Lipinski definition) is 2. The summed E-state index contributed by atoms with van der Waals surface area (Å²) in [5.41, 5.74) is 0.851. The molecule has 126 valence electrons. The Morgan fingerprint density at radius 2 is 2.12 bits per heavy atom. The van der Waals surface area contributed by atoms with Crippen molar-refractivity contribution < 1.29 is 14.6 Å². The Morgan fingerprint density at radius 3 is 2.79 bits per heavy atom. The number of nitrogens with one attached hydrogen (secondary N) is 1. The van der Waals surface area contributed by atoms with Gasteiger partial charge in [-0.15, -0.1) is 11.3 Å². The van der Waals surface area contributed by atoms with E-state index >= 15 is 0 Å². The second kappa shape index (κ2) is 6.66. The molecular formula is C16H17N3O3S2. The largest absolute Gasteiger partial charge is 0.504 e. The van der Waals surface area contributed by atoms with Gasteiger partial charge in [0.15, 0.2) is 16.6 Å². The van der Waals surface area contributed by atoms with Crippen molar-refractivity contribution in [3.8, 4) is 11.5 Å². The Kier molecular flexibility index (Phi) is 4.59. The van der Waals surface area contributed by atoms with Crippen molar-refractivity contribution in [3.05, 3.63) is 34.7 Å². The number of hydrogen-bond acceptors (Lipinski definition) is 7. The number of aromatic hydroxyl groups is 1. The Balaban J connectivity index is 1.69. The highest BCUT2D eigenvalue weighted by Crippen LogP contribution is 2.34. The maximum absolute atomic E-state index is 12.3. The van der Waals surface area contributed by atoms with E-state index in [2.05, 4.69) is 10.3 Å². The summed E-state index contributed by atoms with van der Waals surface area (Å²) in [5.74, 6) is 0.330. The molecule has 0 saturated heterocycles. The number of phenols is 1. The number of aromatic nitrogens is 1. The Hall–Kier alpha value is -2.32. The van der Waals surface area contributed by atoms with Crippen LogP contribution in [-0.2, 0) is 6.54 Å². The number of benzene rings is 1. The van der Waals surface area contributed by atoms with Crippen LogP contribution in [0.2, 0.25) is 0 Å². The summed E-state index contributed by atoms with van der Waals surface area (Å²) < 4.78 is 6.08. The lowest BCUT2D eigenvalue weighted by Gasteiger charge is -2.07. The van der Waals surface area contributed by atoms with Crippen LogP contribution >= 0.6 is 22.7 Å². The Bertz CT molecular complexity index is 854. The van der Waals surface area contributed by atoms with Gasteiger partial charge in [0.1, 0.15) is 4.83 Å². The molecule has 0 fully saturated rings. The molecule has 0 radical (unpaired) electrons. The lowest BCUT2D eigenvalue weighted by Crippen LogP contribution is -2.21.